The maximum atomic E-state index is 12.5. The van der Waals surface area contributed by atoms with Crippen molar-refractivity contribution in [3.63, 3.8) is 0 Å². The third-order valence-corrected chi connectivity index (χ3v) is 3.59. The number of nitrogens with zero attached hydrogens (tertiary/aromatic N) is 3. The van der Waals surface area contributed by atoms with E-state index < -0.39 is 11.6 Å². The number of likely N-dealkylation sites (tertiary alicyclic amines) is 1. The average molecular weight is 295 g/mol. The van der Waals surface area contributed by atoms with Crippen molar-refractivity contribution in [3.8, 4) is 0 Å². The van der Waals surface area contributed by atoms with Crippen LogP contribution in [0, 0.1) is 0 Å². The van der Waals surface area contributed by atoms with E-state index in [1.165, 1.54) is 0 Å². The van der Waals surface area contributed by atoms with Crippen LogP contribution in [0.15, 0.2) is 6.07 Å². The number of amides is 1. The number of rotatable bonds is 6. The number of carbonyl (C=O) groups excluding carboxylic acids is 1. The van der Waals surface area contributed by atoms with Crippen LogP contribution in [0.4, 0.5) is 0 Å². The Morgan fingerprint density at radius 1 is 1.43 bits per heavy atom. The minimum absolute atomic E-state index is 0.0829. The monoisotopic (exact) mass is 295 g/mol. The van der Waals surface area contributed by atoms with Gasteiger partial charge in [0, 0.05) is 6.54 Å². The Kier molecular flexibility index (Phi) is 4.32. The summed E-state index contributed by atoms with van der Waals surface area (Å²) in [5.41, 5.74) is 0.902. The largest absolute Gasteiger partial charge is 0.480 e. The van der Waals surface area contributed by atoms with Gasteiger partial charge in [-0.25, -0.2) is 4.79 Å². The Morgan fingerprint density at radius 3 is 2.62 bits per heavy atom. The number of carboxylic acids is 1. The van der Waals surface area contributed by atoms with Gasteiger partial charge in [0.15, 0.2) is 0 Å². The Labute approximate surface area is 123 Å². The molecule has 0 saturated carbocycles. The number of aryl methyl sites for hydroxylation is 2. The van der Waals surface area contributed by atoms with E-state index in [-0.39, 0.29) is 12.5 Å². The Hall–Kier alpha value is -1.89. The van der Waals surface area contributed by atoms with Gasteiger partial charge >= 0.3 is 5.97 Å². The predicted molar refractivity (Wildman–Crippen MR) is 75.2 cm³/mol. The van der Waals surface area contributed by atoms with Crippen LogP contribution in [0.1, 0.15) is 37.0 Å². The van der Waals surface area contributed by atoms with Crippen molar-refractivity contribution >= 4 is 11.9 Å². The lowest BCUT2D eigenvalue weighted by Gasteiger charge is -2.47. The highest BCUT2D eigenvalue weighted by Gasteiger charge is 2.43. The van der Waals surface area contributed by atoms with Crippen molar-refractivity contribution in [2.24, 2.45) is 0 Å². The van der Waals surface area contributed by atoms with Gasteiger partial charge in [-0.3, -0.25) is 9.48 Å². The third kappa shape index (κ3) is 3.24. The first-order valence-corrected chi connectivity index (χ1v) is 7.10. The highest BCUT2D eigenvalue weighted by molar-refractivity contribution is 5.93. The fourth-order valence-electron chi connectivity index (χ4n) is 2.45. The molecule has 0 spiro atoms. The number of aliphatic carboxylic acids is 1. The van der Waals surface area contributed by atoms with Crippen LogP contribution in [0.3, 0.4) is 0 Å². The van der Waals surface area contributed by atoms with Crippen LogP contribution in [0.2, 0.25) is 0 Å². The molecule has 2 rings (SSSR count). The number of hydrogen-bond donors (Lipinski definition) is 1. The zero-order chi connectivity index (χ0) is 15.6. The molecule has 1 aliphatic rings. The van der Waals surface area contributed by atoms with E-state index in [0.29, 0.717) is 25.3 Å². The molecule has 1 fully saturated rings. The lowest BCUT2D eigenvalue weighted by atomic mass is 9.96. The van der Waals surface area contributed by atoms with Crippen LogP contribution in [0.25, 0.3) is 0 Å². The second kappa shape index (κ2) is 5.85. The van der Waals surface area contributed by atoms with Gasteiger partial charge in [0.25, 0.3) is 5.91 Å². The van der Waals surface area contributed by atoms with Crippen LogP contribution < -0.4 is 0 Å². The van der Waals surface area contributed by atoms with Gasteiger partial charge in [0.1, 0.15) is 17.9 Å². The molecular formula is C14H21N3O4. The van der Waals surface area contributed by atoms with Crippen molar-refractivity contribution in [3.05, 3.63) is 17.5 Å². The molecule has 0 aromatic carbocycles. The normalized spacial score (nSPS) is 16.6. The second-order valence-corrected chi connectivity index (χ2v) is 5.48. The summed E-state index contributed by atoms with van der Waals surface area (Å²) in [6, 6.07) is 1.82. The van der Waals surface area contributed by atoms with Gasteiger partial charge < -0.3 is 14.7 Å². The maximum absolute atomic E-state index is 12.5. The van der Waals surface area contributed by atoms with Gasteiger partial charge in [-0.2, -0.15) is 5.10 Å². The smallest absolute Gasteiger partial charge is 0.329 e. The molecular weight excluding hydrogens is 274 g/mol. The molecule has 0 radical (unpaired) electrons. The molecule has 116 valence electrons. The maximum Gasteiger partial charge on any atom is 0.329 e. The van der Waals surface area contributed by atoms with E-state index >= 15 is 0 Å². The number of carboxylic acid groups (broad SMARTS) is 1. The molecule has 0 atom stereocenters. The Bertz CT molecular complexity index is 546. The van der Waals surface area contributed by atoms with E-state index in [1.54, 1.807) is 9.58 Å². The molecule has 0 aliphatic carbocycles. The summed E-state index contributed by atoms with van der Waals surface area (Å²) >= 11 is 0. The van der Waals surface area contributed by atoms with Crippen LogP contribution in [0.5, 0.6) is 0 Å². The molecule has 1 amide bonds. The standard InChI is InChI=1S/C14H21N3O4/c1-4-10-6-11(17(5-2)15-10)13(20)16-8-14(3,9-16)21-7-12(18)19/h6H,4-5,7-9H2,1-3H3,(H,18,19). The first-order chi connectivity index (χ1) is 9.88. The fourth-order valence-corrected chi connectivity index (χ4v) is 2.45. The summed E-state index contributed by atoms with van der Waals surface area (Å²) in [5.74, 6) is -1.09. The summed E-state index contributed by atoms with van der Waals surface area (Å²) < 4.78 is 7.01. The molecule has 21 heavy (non-hydrogen) atoms. The van der Waals surface area contributed by atoms with Gasteiger partial charge in [-0.15, -0.1) is 0 Å². The topological polar surface area (TPSA) is 84.7 Å². The van der Waals surface area contributed by atoms with E-state index in [0.717, 1.165) is 12.1 Å². The molecule has 1 N–H and O–H groups in total. The number of carbonyl (C=O) groups is 2. The molecule has 0 bridgehead atoms. The summed E-state index contributed by atoms with van der Waals surface area (Å²) in [6.45, 7) is 6.85. The minimum Gasteiger partial charge on any atom is -0.480 e. The predicted octanol–water partition coefficient (Wildman–Crippen LogP) is 0.781. The summed E-state index contributed by atoms with van der Waals surface area (Å²) in [5, 5.41) is 13.0. The zero-order valence-electron chi connectivity index (χ0n) is 12.6. The van der Waals surface area contributed by atoms with Gasteiger partial charge in [-0.05, 0) is 26.3 Å². The lowest BCUT2D eigenvalue weighted by Crippen LogP contribution is -2.63. The number of hydrogen-bond acceptors (Lipinski definition) is 4. The number of aromatic nitrogens is 2. The highest BCUT2D eigenvalue weighted by Crippen LogP contribution is 2.26. The SMILES string of the molecule is CCc1cc(C(=O)N2CC(C)(OCC(=O)O)C2)n(CC)n1. The van der Waals surface area contributed by atoms with Gasteiger partial charge in [0.05, 0.1) is 18.8 Å². The average Bonchev–Trinajstić information content (AvgIpc) is 2.84. The number of ether oxygens (including phenoxy) is 1. The van der Waals surface area contributed by atoms with Crippen LogP contribution >= 0.6 is 0 Å². The first kappa shape index (κ1) is 15.5. The molecule has 7 heteroatoms. The summed E-state index contributed by atoms with van der Waals surface area (Å²) in [6.07, 6.45) is 0.784. The minimum atomic E-state index is -1.00. The quantitative estimate of drug-likeness (QED) is 0.838. The van der Waals surface area contributed by atoms with Crippen molar-refractivity contribution < 1.29 is 19.4 Å². The second-order valence-electron chi connectivity index (χ2n) is 5.48. The molecule has 1 aromatic heterocycles. The van der Waals surface area contributed by atoms with Crippen LogP contribution in [-0.2, 0) is 22.5 Å². The Morgan fingerprint density at radius 2 is 2.10 bits per heavy atom. The Balaban J connectivity index is 2.00. The molecule has 1 aliphatic heterocycles. The van der Waals surface area contributed by atoms with E-state index in [9.17, 15) is 9.59 Å². The fraction of sp³-hybridized carbons (Fsp3) is 0.643. The van der Waals surface area contributed by atoms with Gasteiger partial charge in [0.2, 0.25) is 0 Å². The zero-order valence-corrected chi connectivity index (χ0v) is 12.6. The summed E-state index contributed by atoms with van der Waals surface area (Å²) in [4.78, 5) is 24.6. The third-order valence-electron chi connectivity index (χ3n) is 3.59. The van der Waals surface area contributed by atoms with Gasteiger partial charge in [-0.1, -0.05) is 6.92 Å². The van der Waals surface area contributed by atoms with Crippen molar-refractivity contribution in [2.75, 3.05) is 19.7 Å². The molecule has 1 aromatic rings. The molecule has 0 unspecified atom stereocenters. The molecule has 1 saturated heterocycles. The van der Waals surface area contributed by atoms with Crippen molar-refractivity contribution in [1.29, 1.82) is 0 Å². The van der Waals surface area contributed by atoms with Crippen molar-refractivity contribution in [2.45, 2.75) is 39.3 Å². The highest BCUT2D eigenvalue weighted by atomic mass is 16.5. The van der Waals surface area contributed by atoms with Crippen LogP contribution in [-0.4, -0.2) is 57.0 Å². The van der Waals surface area contributed by atoms with Crippen molar-refractivity contribution in [1.82, 2.24) is 14.7 Å². The first-order valence-electron chi connectivity index (χ1n) is 7.10. The lowest BCUT2D eigenvalue weighted by molar-refractivity contribution is -0.160. The summed E-state index contributed by atoms with van der Waals surface area (Å²) in [7, 11) is 0. The molecule has 7 nitrogen and oxygen atoms in total. The van der Waals surface area contributed by atoms with E-state index in [2.05, 4.69) is 5.10 Å². The molecule has 2 heterocycles. The van der Waals surface area contributed by atoms with E-state index in [1.807, 2.05) is 26.8 Å². The van der Waals surface area contributed by atoms with E-state index in [4.69, 9.17) is 9.84 Å².